The van der Waals surface area contributed by atoms with Crippen LogP contribution in [0.15, 0.2) is 23.1 Å². The van der Waals surface area contributed by atoms with Gasteiger partial charge in [0.2, 0.25) is 0 Å². The second-order valence-corrected chi connectivity index (χ2v) is 6.78. The number of rotatable bonds is 7. The highest BCUT2D eigenvalue weighted by atomic mass is 32.2. The third-order valence-corrected chi connectivity index (χ3v) is 4.71. The molecule has 2 rings (SSSR count). The van der Waals surface area contributed by atoms with Gasteiger partial charge in [0.15, 0.2) is 11.5 Å². The predicted octanol–water partition coefficient (Wildman–Crippen LogP) is 2.86. The van der Waals surface area contributed by atoms with E-state index in [-0.39, 0.29) is 12.5 Å². The van der Waals surface area contributed by atoms with Gasteiger partial charge in [0, 0.05) is 0 Å². The Morgan fingerprint density at radius 3 is 2.64 bits per heavy atom. The van der Waals surface area contributed by atoms with E-state index >= 15 is 0 Å². The summed E-state index contributed by atoms with van der Waals surface area (Å²) in [5, 5.41) is 0. The van der Waals surface area contributed by atoms with E-state index < -0.39 is 5.97 Å². The van der Waals surface area contributed by atoms with Crippen molar-refractivity contribution in [3.05, 3.63) is 28.7 Å². The fourth-order valence-corrected chi connectivity index (χ4v) is 3.38. The van der Waals surface area contributed by atoms with Gasteiger partial charge in [-0.25, -0.2) is 0 Å². The van der Waals surface area contributed by atoms with Gasteiger partial charge in [0.25, 0.3) is 5.91 Å². The minimum Gasteiger partial charge on any atom is -0.493 e. The van der Waals surface area contributed by atoms with E-state index in [0.29, 0.717) is 27.3 Å². The van der Waals surface area contributed by atoms with Gasteiger partial charge >= 0.3 is 5.97 Å². The van der Waals surface area contributed by atoms with Crippen molar-refractivity contribution in [2.75, 3.05) is 27.4 Å². The van der Waals surface area contributed by atoms with E-state index in [9.17, 15) is 9.59 Å². The van der Waals surface area contributed by atoms with Gasteiger partial charge in [0.05, 0.1) is 25.7 Å². The number of carbonyl (C=O) groups is 2. The zero-order valence-electron chi connectivity index (χ0n) is 14.2. The van der Waals surface area contributed by atoms with Crippen molar-refractivity contribution in [2.24, 2.45) is 0 Å². The number of esters is 1. The number of amides is 1. The molecule has 134 valence electrons. The monoisotopic (exact) mass is 381 g/mol. The van der Waals surface area contributed by atoms with Crippen molar-refractivity contribution in [1.82, 2.24) is 4.90 Å². The Morgan fingerprint density at radius 2 is 2.00 bits per heavy atom. The molecule has 1 heterocycles. The number of benzene rings is 1. The maximum Gasteiger partial charge on any atom is 0.326 e. The van der Waals surface area contributed by atoms with Crippen molar-refractivity contribution in [2.45, 2.75) is 13.3 Å². The van der Waals surface area contributed by atoms with Crippen LogP contribution in [0.1, 0.15) is 18.9 Å². The van der Waals surface area contributed by atoms with E-state index in [2.05, 4.69) is 0 Å². The highest BCUT2D eigenvalue weighted by Crippen LogP contribution is 2.34. The summed E-state index contributed by atoms with van der Waals surface area (Å²) in [5.41, 5.74) is 0.770. The van der Waals surface area contributed by atoms with Crippen molar-refractivity contribution < 1.29 is 23.8 Å². The summed E-state index contributed by atoms with van der Waals surface area (Å²) < 4.78 is 15.8. The molecular formula is C17H19NO5S2. The molecule has 0 atom stereocenters. The van der Waals surface area contributed by atoms with Crippen molar-refractivity contribution in [1.29, 1.82) is 0 Å². The fraction of sp³-hybridized carbons (Fsp3) is 0.353. The maximum absolute atomic E-state index is 12.5. The molecule has 1 aliphatic rings. The molecule has 0 unspecified atom stereocenters. The number of thioether (sulfide) groups is 1. The SMILES string of the molecule is CCCOC(=O)CN1C(=O)/C(=C\c2ccc(OC)c(OC)c2)SC1=S. The minimum atomic E-state index is -0.467. The first-order chi connectivity index (χ1) is 12.0. The lowest BCUT2D eigenvalue weighted by molar-refractivity contribution is -0.146. The van der Waals surface area contributed by atoms with E-state index in [0.717, 1.165) is 23.7 Å². The smallest absolute Gasteiger partial charge is 0.326 e. The molecular weight excluding hydrogens is 362 g/mol. The van der Waals surface area contributed by atoms with Crippen LogP contribution in [0, 0.1) is 0 Å². The topological polar surface area (TPSA) is 65.1 Å². The van der Waals surface area contributed by atoms with Gasteiger partial charge < -0.3 is 14.2 Å². The second kappa shape index (κ2) is 8.87. The summed E-state index contributed by atoms with van der Waals surface area (Å²) in [4.78, 5) is 25.9. The van der Waals surface area contributed by atoms with E-state index in [1.165, 1.54) is 4.90 Å². The lowest BCUT2D eigenvalue weighted by atomic mass is 10.2. The molecule has 1 fully saturated rings. The van der Waals surface area contributed by atoms with Crippen LogP contribution in [-0.4, -0.2) is 48.5 Å². The number of hydrogen-bond donors (Lipinski definition) is 0. The van der Waals surface area contributed by atoms with Crippen LogP contribution < -0.4 is 9.47 Å². The van der Waals surface area contributed by atoms with Crippen LogP contribution in [-0.2, 0) is 14.3 Å². The summed E-state index contributed by atoms with van der Waals surface area (Å²) in [6.07, 6.45) is 2.43. The fourth-order valence-electron chi connectivity index (χ4n) is 2.12. The van der Waals surface area contributed by atoms with Crippen molar-refractivity contribution in [3.63, 3.8) is 0 Å². The van der Waals surface area contributed by atoms with Crippen molar-refractivity contribution in [3.8, 4) is 11.5 Å². The van der Waals surface area contributed by atoms with E-state index in [1.807, 2.05) is 13.0 Å². The molecule has 8 heteroatoms. The molecule has 0 N–H and O–H groups in total. The zero-order chi connectivity index (χ0) is 18.4. The third kappa shape index (κ3) is 4.73. The first kappa shape index (κ1) is 19.3. The van der Waals surface area contributed by atoms with Crippen LogP contribution in [0.2, 0.25) is 0 Å². The van der Waals surface area contributed by atoms with Gasteiger partial charge in [-0.1, -0.05) is 37.0 Å². The van der Waals surface area contributed by atoms with Gasteiger partial charge in [0.1, 0.15) is 10.9 Å². The van der Waals surface area contributed by atoms with Crippen LogP contribution in [0.5, 0.6) is 11.5 Å². The summed E-state index contributed by atoms with van der Waals surface area (Å²) in [6, 6.07) is 5.33. The molecule has 1 amide bonds. The zero-order valence-corrected chi connectivity index (χ0v) is 15.9. The maximum atomic E-state index is 12.5. The number of methoxy groups -OCH3 is 2. The lowest BCUT2D eigenvalue weighted by Gasteiger charge is -2.13. The van der Waals surface area contributed by atoms with Gasteiger partial charge in [-0.05, 0) is 30.2 Å². The van der Waals surface area contributed by atoms with Crippen LogP contribution in [0.25, 0.3) is 6.08 Å². The van der Waals surface area contributed by atoms with E-state index in [4.69, 9.17) is 26.4 Å². The summed E-state index contributed by atoms with van der Waals surface area (Å²) in [5.74, 6) is 0.393. The van der Waals surface area contributed by atoms with Crippen molar-refractivity contribution >= 4 is 46.3 Å². The highest BCUT2D eigenvalue weighted by molar-refractivity contribution is 8.26. The van der Waals surface area contributed by atoms with Crippen LogP contribution in [0.3, 0.4) is 0 Å². The standard InChI is InChI=1S/C17H19NO5S2/c1-4-7-23-15(19)10-18-16(20)14(25-17(18)24)9-11-5-6-12(21-2)13(8-11)22-3/h5-6,8-9H,4,7,10H2,1-3H3/b14-9+. The van der Waals surface area contributed by atoms with Gasteiger partial charge in [-0.2, -0.15) is 0 Å². The minimum absolute atomic E-state index is 0.173. The average Bonchev–Trinajstić information content (AvgIpc) is 2.87. The Labute approximate surface area is 156 Å². The Kier molecular flexibility index (Phi) is 6.83. The molecule has 0 aliphatic carbocycles. The Bertz CT molecular complexity index is 717. The number of thiocarbonyl (C=S) groups is 1. The molecule has 25 heavy (non-hydrogen) atoms. The molecule has 0 bridgehead atoms. The Morgan fingerprint density at radius 1 is 1.28 bits per heavy atom. The normalized spacial score (nSPS) is 15.6. The largest absolute Gasteiger partial charge is 0.493 e. The molecule has 1 aliphatic heterocycles. The highest BCUT2D eigenvalue weighted by Gasteiger charge is 2.33. The Hall–Kier alpha value is -2.06. The molecule has 6 nitrogen and oxygen atoms in total. The molecule has 0 saturated carbocycles. The molecule has 1 aromatic rings. The summed E-state index contributed by atoms with van der Waals surface area (Å²) in [6.45, 7) is 2.06. The molecule has 0 radical (unpaired) electrons. The first-order valence-electron chi connectivity index (χ1n) is 7.63. The van der Waals surface area contributed by atoms with Crippen LogP contribution in [0.4, 0.5) is 0 Å². The molecule has 1 saturated heterocycles. The summed E-state index contributed by atoms with van der Waals surface area (Å²) in [7, 11) is 3.10. The van der Waals surface area contributed by atoms with Gasteiger partial charge in [-0.15, -0.1) is 0 Å². The quantitative estimate of drug-likeness (QED) is 0.409. The number of ether oxygens (including phenoxy) is 3. The van der Waals surface area contributed by atoms with E-state index in [1.54, 1.807) is 32.4 Å². The Balaban J connectivity index is 2.15. The second-order valence-electron chi connectivity index (χ2n) is 5.10. The lowest BCUT2D eigenvalue weighted by Crippen LogP contribution is -2.34. The molecule has 1 aromatic carbocycles. The summed E-state index contributed by atoms with van der Waals surface area (Å²) >= 11 is 6.36. The third-order valence-electron chi connectivity index (χ3n) is 3.33. The number of hydrogen-bond acceptors (Lipinski definition) is 7. The number of carbonyl (C=O) groups excluding carboxylic acids is 2. The number of nitrogens with zero attached hydrogens (tertiary/aromatic N) is 1. The van der Waals surface area contributed by atoms with Gasteiger partial charge in [-0.3, -0.25) is 14.5 Å². The first-order valence-corrected chi connectivity index (χ1v) is 8.85. The average molecular weight is 381 g/mol. The van der Waals surface area contributed by atoms with Crippen LogP contribution >= 0.6 is 24.0 Å². The predicted molar refractivity (Wildman–Crippen MR) is 101 cm³/mol. The molecule has 0 spiro atoms. The molecule has 0 aromatic heterocycles.